The molecule has 5 aromatic rings. The number of hydrogen-bond acceptors (Lipinski definition) is 9. The van der Waals surface area contributed by atoms with Gasteiger partial charge >= 0.3 is 0 Å². The highest BCUT2D eigenvalue weighted by Gasteiger charge is 2.19. The maximum atomic E-state index is 12.4. The first-order valence-electron chi connectivity index (χ1n) is 9.43. The standard InChI is InChI=1S/C20H16N8O3/c1-3-28-17(13-6-21-12(2)22-7-13)26-16-18(28)23-10-24-19(16)31-14-4-5-27(8-14)20(29)15-9-30-11-25-15/h4-11H,3H2,1-2H3. The lowest BCUT2D eigenvalue weighted by atomic mass is 10.3. The maximum absolute atomic E-state index is 12.4. The van der Waals surface area contributed by atoms with Crippen LogP contribution >= 0.6 is 0 Å². The maximum Gasteiger partial charge on any atom is 0.283 e. The van der Waals surface area contributed by atoms with Crippen LogP contribution in [-0.2, 0) is 6.54 Å². The van der Waals surface area contributed by atoms with Gasteiger partial charge in [-0.3, -0.25) is 9.36 Å². The molecule has 0 atom stereocenters. The van der Waals surface area contributed by atoms with Gasteiger partial charge in [0.2, 0.25) is 0 Å². The molecule has 0 saturated heterocycles. The quantitative estimate of drug-likeness (QED) is 0.425. The second-order valence-electron chi connectivity index (χ2n) is 6.59. The molecule has 0 fully saturated rings. The zero-order valence-corrected chi connectivity index (χ0v) is 16.6. The fourth-order valence-electron chi connectivity index (χ4n) is 3.14. The van der Waals surface area contributed by atoms with Crippen LogP contribution < -0.4 is 4.74 Å². The van der Waals surface area contributed by atoms with Gasteiger partial charge in [-0.1, -0.05) is 0 Å². The van der Waals surface area contributed by atoms with Crippen LogP contribution in [0.5, 0.6) is 11.6 Å². The number of nitrogens with zero attached hydrogens (tertiary/aromatic N) is 8. The van der Waals surface area contributed by atoms with Crippen molar-refractivity contribution in [1.82, 2.24) is 39.0 Å². The molecule has 0 spiro atoms. The Hall–Kier alpha value is -4.41. The summed E-state index contributed by atoms with van der Waals surface area (Å²) in [5.74, 6) is 1.70. The van der Waals surface area contributed by atoms with Gasteiger partial charge in [0.25, 0.3) is 11.8 Å². The highest BCUT2D eigenvalue weighted by atomic mass is 16.5. The molecule has 0 radical (unpaired) electrons. The van der Waals surface area contributed by atoms with E-state index in [2.05, 4.69) is 24.9 Å². The molecule has 0 saturated carbocycles. The second-order valence-corrected chi connectivity index (χ2v) is 6.59. The van der Waals surface area contributed by atoms with Crippen molar-refractivity contribution in [3.8, 4) is 23.0 Å². The van der Waals surface area contributed by atoms with Crippen molar-refractivity contribution in [1.29, 1.82) is 0 Å². The number of carbonyl (C=O) groups is 1. The molecule has 11 nitrogen and oxygen atoms in total. The van der Waals surface area contributed by atoms with E-state index < -0.39 is 0 Å². The Labute approximate surface area is 175 Å². The lowest BCUT2D eigenvalue weighted by molar-refractivity contribution is 0.0955. The second kappa shape index (κ2) is 7.44. The van der Waals surface area contributed by atoms with E-state index in [1.807, 2.05) is 18.4 Å². The van der Waals surface area contributed by atoms with Gasteiger partial charge in [-0.15, -0.1) is 0 Å². The van der Waals surface area contributed by atoms with Gasteiger partial charge in [-0.25, -0.2) is 24.9 Å². The topological polar surface area (TPSA) is 127 Å². The van der Waals surface area contributed by atoms with Crippen molar-refractivity contribution in [3.05, 3.63) is 61.4 Å². The average Bonchev–Trinajstić information content (AvgIpc) is 3.54. The van der Waals surface area contributed by atoms with Crippen LogP contribution in [0.1, 0.15) is 23.2 Å². The number of imidazole rings is 1. The highest BCUT2D eigenvalue weighted by Crippen LogP contribution is 2.30. The molecule has 5 heterocycles. The van der Waals surface area contributed by atoms with E-state index in [0.29, 0.717) is 35.1 Å². The largest absolute Gasteiger partial charge is 0.451 e. The summed E-state index contributed by atoms with van der Waals surface area (Å²) in [6.45, 7) is 4.46. The Morgan fingerprint density at radius 3 is 2.74 bits per heavy atom. The molecule has 5 aromatic heterocycles. The summed E-state index contributed by atoms with van der Waals surface area (Å²) in [5, 5.41) is 0. The van der Waals surface area contributed by atoms with Crippen LogP contribution in [0.15, 0.2) is 54.3 Å². The molecule has 0 unspecified atom stereocenters. The van der Waals surface area contributed by atoms with Crippen LogP contribution in [0.3, 0.4) is 0 Å². The van der Waals surface area contributed by atoms with Gasteiger partial charge in [0.1, 0.15) is 30.0 Å². The van der Waals surface area contributed by atoms with Gasteiger partial charge < -0.3 is 13.7 Å². The van der Waals surface area contributed by atoms with E-state index in [1.54, 1.807) is 24.7 Å². The number of hydrogen-bond donors (Lipinski definition) is 0. The van der Waals surface area contributed by atoms with E-state index in [0.717, 1.165) is 5.56 Å². The summed E-state index contributed by atoms with van der Waals surface area (Å²) in [7, 11) is 0. The van der Waals surface area contributed by atoms with Gasteiger partial charge in [0.15, 0.2) is 23.3 Å². The molecule has 0 N–H and O–H groups in total. The van der Waals surface area contributed by atoms with Crippen LogP contribution in [-0.4, -0.2) is 44.9 Å². The van der Waals surface area contributed by atoms with Crippen LogP contribution in [0.4, 0.5) is 0 Å². The Balaban J connectivity index is 1.51. The first-order valence-corrected chi connectivity index (χ1v) is 9.43. The summed E-state index contributed by atoms with van der Waals surface area (Å²) in [6.07, 6.45) is 10.5. The molecule has 31 heavy (non-hydrogen) atoms. The molecular weight excluding hydrogens is 400 g/mol. The normalized spacial score (nSPS) is 11.2. The zero-order chi connectivity index (χ0) is 21.4. The van der Waals surface area contributed by atoms with E-state index in [4.69, 9.17) is 14.1 Å². The zero-order valence-electron chi connectivity index (χ0n) is 16.6. The number of oxazole rings is 1. The van der Waals surface area contributed by atoms with Gasteiger partial charge in [0, 0.05) is 25.1 Å². The van der Waals surface area contributed by atoms with Crippen molar-refractivity contribution < 1.29 is 13.9 Å². The minimum atomic E-state index is -0.339. The molecule has 11 heteroatoms. The smallest absolute Gasteiger partial charge is 0.283 e. The number of rotatable bonds is 5. The van der Waals surface area contributed by atoms with Gasteiger partial charge in [0.05, 0.1) is 11.8 Å². The lowest BCUT2D eigenvalue weighted by Crippen LogP contribution is -2.09. The predicted octanol–water partition coefficient (Wildman–Crippen LogP) is 2.88. The molecule has 0 bridgehead atoms. The summed E-state index contributed by atoms with van der Waals surface area (Å²) in [5.41, 5.74) is 2.08. The molecule has 0 aromatic carbocycles. The number of aromatic nitrogens is 8. The molecular formula is C20H16N8O3. The van der Waals surface area contributed by atoms with E-state index in [1.165, 1.54) is 29.7 Å². The first kappa shape index (κ1) is 18.6. The fraction of sp³-hybridized carbons (Fsp3) is 0.150. The molecule has 154 valence electrons. The molecule has 0 aliphatic rings. The van der Waals surface area contributed by atoms with Crippen molar-refractivity contribution in [3.63, 3.8) is 0 Å². The van der Waals surface area contributed by atoms with Crippen LogP contribution in [0.25, 0.3) is 22.6 Å². The highest BCUT2D eigenvalue weighted by molar-refractivity contribution is 5.94. The predicted molar refractivity (Wildman–Crippen MR) is 107 cm³/mol. The minimum Gasteiger partial charge on any atom is -0.451 e. The van der Waals surface area contributed by atoms with Crippen molar-refractivity contribution >= 4 is 17.1 Å². The number of aryl methyl sites for hydroxylation is 2. The van der Waals surface area contributed by atoms with Crippen LogP contribution in [0, 0.1) is 6.92 Å². The first-order chi connectivity index (χ1) is 15.1. The van der Waals surface area contributed by atoms with Crippen LogP contribution in [0.2, 0.25) is 0 Å². The summed E-state index contributed by atoms with van der Waals surface area (Å²) < 4.78 is 14.1. The molecule has 0 aliphatic heterocycles. The lowest BCUT2D eigenvalue weighted by Gasteiger charge is -2.05. The van der Waals surface area contributed by atoms with Gasteiger partial charge in [-0.05, 0) is 19.9 Å². The third-order valence-electron chi connectivity index (χ3n) is 4.62. The van der Waals surface area contributed by atoms with Crippen molar-refractivity contribution in [2.24, 2.45) is 0 Å². The Bertz CT molecular complexity index is 1370. The minimum absolute atomic E-state index is 0.193. The number of carbonyl (C=O) groups excluding carboxylic acids is 1. The fourth-order valence-corrected chi connectivity index (χ4v) is 3.14. The Morgan fingerprint density at radius 2 is 2.00 bits per heavy atom. The van der Waals surface area contributed by atoms with E-state index >= 15 is 0 Å². The number of ether oxygens (including phenoxy) is 1. The van der Waals surface area contributed by atoms with E-state index in [9.17, 15) is 4.79 Å². The third kappa shape index (κ3) is 3.31. The molecule has 0 aliphatic carbocycles. The summed E-state index contributed by atoms with van der Waals surface area (Å²) in [4.78, 5) is 38.1. The summed E-state index contributed by atoms with van der Waals surface area (Å²) in [6, 6.07) is 1.65. The molecule has 0 amide bonds. The monoisotopic (exact) mass is 416 g/mol. The SMILES string of the molecule is CCn1c(-c2cnc(C)nc2)nc2c(Oc3ccn(C(=O)c4cocn4)c3)ncnc21. The summed E-state index contributed by atoms with van der Waals surface area (Å²) >= 11 is 0. The number of fused-ring (bicyclic) bond motifs is 1. The third-order valence-corrected chi connectivity index (χ3v) is 4.62. The van der Waals surface area contributed by atoms with E-state index in [-0.39, 0.29) is 17.5 Å². The Kier molecular flexibility index (Phi) is 4.47. The van der Waals surface area contributed by atoms with Gasteiger partial charge in [-0.2, -0.15) is 4.98 Å². The van der Waals surface area contributed by atoms with Crippen molar-refractivity contribution in [2.45, 2.75) is 20.4 Å². The van der Waals surface area contributed by atoms with Crippen molar-refractivity contribution in [2.75, 3.05) is 0 Å². The molecule has 5 rings (SSSR count). The average molecular weight is 416 g/mol. The Morgan fingerprint density at radius 1 is 1.16 bits per heavy atom.